The molecule has 112 valence electrons. The van der Waals surface area contributed by atoms with E-state index in [1.807, 2.05) is 0 Å². The van der Waals surface area contributed by atoms with Crippen LogP contribution in [0.5, 0.6) is 0 Å². The molecule has 1 saturated heterocycles. The smallest absolute Gasteiger partial charge is 0.0451 e. The number of hydrogen-bond donors (Lipinski definition) is 1. The van der Waals surface area contributed by atoms with Crippen molar-refractivity contribution >= 4 is 0 Å². The minimum atomic E-state index is 0.441. The maximum atomic E-state index is 3.66. The van der Waals surface area contributed by atoms with Gasteiger partial charge in [0.2, 0.25) is 0 Å². The minimum Gasteiger partial charge on any atom is -0.309 e. The van der Waals surface area contributed by atoms with Crippen molar-refractivity contribution < 1.29 is 0 Å². The zero-order valence-electron chi connectivity index (χ0n) is 13.4. The predicted octanol–water partition coefficient (Wildman–Crippen LogP) is 2.28. The van der Waals surface area contributed by atoms with E-state index in [-0.39, 0.29) is 0 Å². The van der Waals surface area contributed by atoms with Gasteiger partial charge < -0.3 is 10.2 Å². The fourth-order valence-corrected chi connectivity index (χ4v) is 3.04. The molecule has 0 saturated carbocycles. The molecule has 1 fully saturated rings. The summed E-state index contributed by atoms with van der Waals surface area (Å²) in [5.41, 5.74) is 2.83. The average molecular weight is 275 g/mol. The van der Waals surface area contributed by atoms with Crippen LogP contribution < -0.4 is 5.32 Å². The molecular formula is C17H29N3. The Labute approximate surface area is 124 Å². The summed E-state index contributed by atoms with van der Waals surface area (Å²) in [7, 11) is 2.23. The fourth-order valence-electron chi connectivity index (χ4n) is 3.04. The van der Waals surface area contributed by atoms with Gasteiger partial charge in [0, 0.05) is 38.3 Å². The molecule has 0 aliphatic carbocycles. The molecule has 20 heavy (non-hydrogen) atoms. The zero-order chi connectivity index (χ0) is 14.5. The Morgan fingerprint density at radius 1 is 1.30 bits per heavy atom. The minimum absolute atomic E-state index is 0.441. The molecule has 2 rings (SSSR count). The van der Waals surface area contributed by atoms with Crippen LogP contribution in [0.3, 0.4) is 0 Å². The average Bonchev–Trinajstić information content (AvgIpc) is 2.43. The molecule has 2 atom stereocenters. The van der Waals surface area contributed by atoms with E-state index in [0.717, 1.165) is 13.1 Å². The van der Waals surface area contributed by atoms with E-state index in [1.54, 1.807) is 0 Å². The van der Waals surface area contributed by atoms with Crippen LogP contribution in [-0.2, 0) is 0 Å². The molecule has 3 heteroatoms. The summed E-state index contributed by atoms with van der Waals surface area (Å²) >= 11 is 0. The predicted molar refractivity (Wildman–Crippen MR) is 86.1 cm³/mol. The van der Waals surface area contributed by atoms with Crippen molar-refractivity contribution in [2.45, 2.75) is 32.9 Å². The third kappa shape index (κ3) is 3.81. The first-order valence-electron chi connectivity index (χ1n) is 7.83. The molecule has 3 nitrogen and oxygen atoms in total. The van der Waals surface area contributed by atoms with Crippen LogP contribution in [0.1, 0.15) is 31.0 Å². The second-order valence-electron chi connectivity index (χ2n) is 6.06. The van der Waals surface area contributed by atoms with Gasteiger partial charge in [-0.15, -0.1) is 0 Å². The first kappa shape index (κ1) is 15.5. The SMILES string of the molecule is CCNC(CN1CCN(C)C(C)C1)c1ccccc1C. The van der Waals surface area contributed by atoms with Gasteiger partial charge in [0.05, 0.1) is 0 Å². The van der Waals surface area contributed by atoms with E-state index >= 15 is 0 Å². The highest BCUT2D eigenvalue weighted by atomic mass is 15.3. The number of nitrogens with zero attached hydrogens (tertiary/aromatic N) is 2. The van der Waals surface area contributed by atoms with E-state index in [1.165, 1.54) is 30.8 Å². The standard InChI is InChI=1S/C17H29N3/c1-5-18-17(16-9-7-6-8-14(16)2)13-20-11-10-19(4)15(3)12-20/h6-9,15,17-18H,5,10-13H2,1-4H3. The van der Waals surface area contributed by atoms with E-state index in [9.17, 15) is 0 Å². The van der Waals surface area contributed by atoms with Crippen molar-refractivity contribution in [1.82, 2.24) is 15.1 Å². The third-order valence-electron chi connectivity index (χ3n) is 4.50. The van der Waals surface area contributed by atoms with Gasteiger partial charge in [-0.3, -0.25) is 4.90 Å². The summed E-state index contributed by atoms with van der Waals surface area (Å²) in [6, 6.07) is 9.85. The number of piperazine rings is 1. The van der Waals surface area contributed by atoms with Gasteiger partial charge in [-0.05, 0) is 38.6 Å². The summed E-state index contributed by atoms with van der Waals surface area (Å²) in [4.78, 5) is 5.05. The summed E-state index contributed by atoms with van der Waals surface area (Å²) in [5, 5.41) is 3.66. The Kier molecular flexibility index (Phi) is 5.58. The molecule has 1 N–H and O–H groups in total. The molecule has 1 aliphatic rings. The fraction of sp³-hybridized carbons (Fsp3) is 0.647. The first-order valence-corrected chi connectivity index (χ1v) is 7.83. The summed E-state index contributed by atoms with van der Waals surface area (Å²) in [6.45, 7) is 12.4. The summed E-state index contributed by atoms with van der Waals surface area (Å²) < 4.78 is 0. The first-order chi connectivity index (χ1) is 9.61. The number of likely N-dealkylation sites (N-methyl/N-ethyl adjacent to an activating group) is 2. The van der Waals surface area contributed by atoms with Crippen molar-refractivity contribution in [1.29, 1.82) is 0 Å². The second kappa shape index (κ2) is 7.21. The molecule has 0 amide bonds. The molecule has 0 bridgehead atoms. The Morgan fingerprint density at radius 2 is 2.05 bits per heavy atom. The number of nitrogens with one attached hydrogen (secondary N) is 1. The van der Waals surface area contributed by atoms with Gasteiger partial charge >= 0.3 is 0 Å². The monoisotopic (exact) mass is 275 g/mol. The highest BCUT2D eigenvalue weighted by Gasteiger charge is 2.23. The van der Waals surface area contributed by atoms with Gasteiger partial charge in [-0.25, -0.2) is 0 Å². The molecule has 1 aromatic rings. The normalized spacial score (nSPS) is 22.9. The van der Waals surface area contributed by atoms with Gasteiger partial charge in [-0.2, -0.15) is 0 Å². The van der Waals surface area contributed by atoms with E-state index < -0.39 is 0 Å². The third-order valence-corrected chi connectivity index (χ3v) is 4.50. The maximum Gasteiger partial charge on any atom is 0.0451 e. The number of rotatable bonds is 5. The van der Waals surface area contributed by atoms with Crippen LogP contribution in [0, 0.1) is 6.92 Å². The van der Waals surface area contributed by atoms with Crippen molar-refractivity contribution in [3.05, 3.63) is 35.4 Å². The highest BCUT2D eigenvalue weighted by Crippen LogP contribution is 2.20. The molecule has 1 aliphatic heterocycles. The van der Waals surface area contributed by atoms with E-state index in [4.69, 9.17) is 0 Å². The molecule has 1 heterocycles. The van der Waals surface area contributed by atoms with Crippen LogP contribution in [0.15, 0.2) is 24.3 Å². The number of benzene rings is 1. The van der Waals surface area contributed by atoms with Crippen LogP contribution in [0.4, 0.5) is 0 Å². The molecule has 0 spiro atoms. The van der Waals surface area contributed by atoms with Crippen LogP contribution in [0.2, 0.25) is 0 Å². The molecular weight excluding hydrogens is 246 g/mol. The van der Waals surface area contributed by atoms with E-state index in [0.29, 0.717) is 12.1 Å². The largest absolute Gasteiger partial charge is 0.309 e. The molecule has 2 unspecified atom stereocenters. The lowest BCUT2D eigenvalue weighted by molar-refractivity contribution is 0.0970. The lowest BCUT2D eigenvalue weighted by Crippen LogP contribution is -2.51. The number of aryl methyl sites for hydroxylation is 1. The summed E-state index contributed by atoms with van der Waals surface area (Å²) in [6.07, 6.45) is 0. The van der Waals surface area contributed by atoms with Crippen molar-refractivity contribution in [3.8, 4) is 0 Å². The van der Waals surface area contributed by atoms with Gasteiger partial charge in [0.15, 0.2) is 0 Å². The van der Waals surface area contributed by atoms with Crippen molar-refractivity contribution in [3.63, 3.8) is 0 Å². The van der Waals surface area contributed by atoms with Crippen molar-refractivity contribution in [2.24, 2.45) is 0 Å². The Bertz CT molecular complexity index is 418. The zero-order valence-corrected chi connectivity index (χ0v) is 13.4. The van der Waals surface area contributed by atoms with Gasteiger partial charge in [-0.1, -0.05) is 31.2 Å². The lowest BCUT2D eigenvalue weighted by Gasteiger charge is -2.39. The second-order valence-corrected chi connectivity index (χ2v) is 6.06. The Balaban J connectivity index is 2.05. The summed E-state index contributed by atoms with van der Waals surface area (Å²) in [5.74, 6) is 0. The molecule has 0 aromatic heterocycles. The highest BCUT2D eigenvalue weighted by molar-refractivity contribution is 5.29. The Morgan fingerprint density at radius 3 is 2.70 bits per heavy atom. The van der Waals surface area contributed by atoms with E-state index in [2.05, 4.69) is 67.2 Å². The van der Waals surface area contributed by atoms with Crippen LogP contribution in [0.25, 0.3) is 0 Å². The maximum absolute atomic E-state index is 3.66. The van der Waals surface area contributed by atoms with Crippen molar-refractivity contribution in [2.75, 3.05) is 39.8 Å². The Hall–Kier alpha value is -0.900. The van der Waals surface area contributed by atoms with Crippen LogP contribution in [-0.4, -0.2) is 55.6 Å². The van der Waals surface area contributed by atoms with Gasteiger partial charge in [0.1, 0.15) is 0 Å². The topological polar surface area (TPSA) is 18.5 Å². The number of hydrogen-bond acceptors (Lipinski definition) is 3. The quantitative estimate of drug-likeness (QED) is 0.889. The molecule has 0 radical (unpaired) electrons. The molecule has 1 aromatic carbocycles. The van der Waals surface area contributed by atoms with Gasteiger partial charge in [0.25, 0.3) is 0 Å². The lowest BCUT2D eigenvalue weighted by atomic mass is 10.00. The van der Waals surface area contributed by atoms with Crippen LogP contribution >= 0.6 is 0 Å².